The number of hydrogen-bond donors (Lipinski definition) is 1. The first kappa shape index (κ1) is 14.7. The molecule has 6 heteroatoms. The van der Waals surface area contributed by atoms with E-state index in [4.69, 9.17) is 27.9 Å². The van der Waals surface area contributed by atoms with Crippen LogP contribution in [0.1, 0.15) is 18.4 Å². The summed E-state index contributed by atoms with van der Waals surface area (Å²) in [6, 6.07) is 4.26. The molecule has 0 amide bonds. The van der Waals surface area contributed by atoms with Crippen LogP contribution >= 0.6 is 23.2 Å². The lowest BCUT2D eigenvalue weighted by molar-refractivity contribution is 0.295. The summed E-state index contributed by atoms with van der Waals surface area (Å²) in [4.78, 5) is 4.00. The third kappa shape index (κ3) is 4.13. The zero-order valence-electron chi connectivity index (χ0n) is 11.6. The first-order chi connectivity index (χ1) is 10.2. The summed E-state index contributed by atoms with van der Waals surface area (Å²) in [6.45, 7) is 1.99. The minimum Gasteiger partial charge on any atom is -0.490 e. The van der Waals surface area contributed by atoms with Gasteiger partial charge in [-0.05, 0) is 25.0 Å². The second-order valence-corrected chi connectivity index (χ2v) is 6.02. The molecular weight excluding hydrogens is 309 g/mol. The molecule has 21 heavy (non-hydrogen) atoms. The Bertz CT molecular complexity index is 597. The van der Waals surface area contributed by atoms with E-state index in [0.717, 1.165) is 18.7 Å². The Kier molecular flexibility index (Phi) is 4.68. The lowest BCUT2D eigenvalue weighted by Crippen LogP contribution is -2.17. The third-order valence-corrected chi connectivity index (χ3v) is 3.90. The Morgan fingerprint density at radius 3 is 2.90 bits per heavy atom. The highest BCUT2D eigenvalue weighted by molar-refractivity contribution is 6.35. The van der Waals surface area contributed by atoms with E-state index in [1.165, 1.54) is 12.8 Å². The normalized spacial score (nSPS) is 14.4. The molecule has 0 saturated heterocycles. The summed E-state index contributed by atoms with van der Waals surface area (Å²) in [6.07, 6.45) is 7.90. The topological polar surface area (TPSA) is 39.1 Å². The Labute approximate surface area is 134 Å². The van der Waals surface area contributed by atoms with Crippen LogP contribution in [0.25, 0.3) is 0 Å². The third-order valence-electron chi connectivity index (χ3n) is 3.40. The van der Waals surface area contributed by atoms with Crippen LogP contribution in [-0.4, -0.2) is 22.2 Å². The van der Waals surface area contributed by atoms with Gasteiger partial charge in [-0.2, -0.15) is 0 Å². The molecule has 1 heterocycles. The van der Waals surface area contributed by atoms with Gasteiger partial charge < -0.3 is 14.6 Å². The SMILES string of the molecule is Clc1cc(Cl)c(OCCn2ccnc2)c(CNC2CC2)c1. The molecule has 1 aliphatic carbocycles. The summed E-state index contributed by atoms with van der Waals surface area (Å²) in [7, 11) is 0. The molecule has 112 valence electrons. The predicted octanol–water partition coefficient (Wildman–Crippen LogP) is 3.52. The molecule has 0 atom stereocenters. The summed E-state index contributed by atoms with van der Waals surface area (Å²) in [5.41, 5.74) is 1.00. The van der Waals surface area contributed by atoms with Crippen molar-refractivity contribution < 1.29 is 4.74 Å². The molecule has 0 bridgehead atoms. The monoisotopic (exact) mass is 325 g/mol. The second kappa shape index (κ2) is 6.69. The van der Waals surface area contributed by atoms with Crippen LogP contribution < -0.4 is 10.1 Å². The number of benzene rings is 1. The van der Waals surface area contributed by atoms with Crippen molar-refractivity contribution in [2.24, 2.45) is 0 Å². The van der Waals surface area contributed by atoms with Crippen molar-refractivity contribution in [2.45, 2.75) is 32.0 Å². The van der Waals surface area contributed by atoms with Gasteiger partial charge in [0.25, 0.3) is 0 Å². The first-order valence-corrected chi connectivity index (χ1v) is 7.78. The molecule has 1 aromatic heterocycles. The Morgan fingerprint density at radius 2 is 2.19 bits per heavy atom. The van der Waals surface area contributed by atoms with Crippen molar-refractivity contribution in [1.29, 1.82) is 0 Å². The van der Waals surface area contributed by atoms with Crippen LogP contribution in [0.3, 0.4) is 0 Å². The zero-order chi connectivity index (χ0) is 14.7. The van der Waals surface area contributed by atoms with Gasteiger partial charge in [0, 0.05) is 35.6 Å². The van der Waals surface area contributed by atoms with Gasteiger partial charge in [0.2, 0.25) is 0 Å². The van der Waals surface area contributed by atoms with Gasteiger partial charge in [-0.3, -0.25) is 0 Å². The largest absolute Gasteiger partial charge is 0.490 e. The van der Waals surface area contributed by atoms with Gasteiger partial charge >= 0.3 is 0 Å². The summed E-state index contributed by atoms with van der Waals surface area (Å²) < 4.78 is 7.83. The molecule has 0 aliphatic heterocycles. The molecule has 3 rings (SSSR count). The highest BCUT2D eigenvalue weighted by atomic mass is 35.5. The van der Waals surface area contributed by atoms with Crippen LogP contribution in [0, 0.1) is 0 Å². The van der Waals surface area contributed by atoms with Crippen molar-refractivity contribution >= 4 is 23.2 Å². The highest BCUT2D eigenvalue weighted by Gasteiger charge is 2.21. The minimum absolute atomic E-state index is 0.536. The maximum absolute atomic E-state index is 6.27. The maximum Gasteiger partial charge on any atom is 0.142 e. The molecule has 1 aromatic carbocycles. The van der Waals surface area contributed by atoms with E-state index in [2.05, 4.69) is 10.3 Å². The number of nitrogens with zero attached hydrogens (tertiary/aromatic N) is 2. The molecule has 0 unspecified atom stereocenters. The quantitative estimate of drug-likeness (QED) is 0.846. The van der Waals surface area contributed by atoms with Gasteiger partial charge in [0.1, 0.15) is 12.4 Å². The van der Waals surface area contributed by atoms with E-state index in [1.807, 2.05) is 16.8 Å². The predicted molar refractivity (Wildman–Crippen MR) is 84.0 cm³/mol. The van der Waals surface area contributed by atoms with Crippen molar-refractivity contribution in [2.75, 3.05) is 6.61 Å². The standard InChI is InChI=1S/C15H17Cl2N3O/c16-12-7-11(9-19-13-1-2-13)15(14(17)8-12)21-6-5-20-4-3-18-10-20/h3-4,7-8,10,13,19H,1-2,5-6,9H2. The minimum atomic E-state index is 0.536. The molecule has 4 nitrogen and oxygen atoms in total. The molecule has 1 N–H and O–H groups in total. The van der Waals surface area contributed by atoms with Gasteiger partial charge in [-0.15, -0.1) is 0 Å². The van der Waals surface area contributed by atoms with Crippen LogP contribution in [0.15, 0.2) is 30.9 Å². The fourth-order valence-electron chi connectivity index (χ4n) is 2.12. The number of nitrogens with one attached hydrogen (secondary N) is 1. The Hall–Kier alpha value is -1.23. The number of aromatic nitrogens is 2. The molecule has 0 radical (unpaired) electrons. The van der Waals surface area contributed by atoms with E-state index >= 15 is 0 Å². The molecule has 1 fully saturated rings. The number of halogens is 2. The number of hydrogen-bond acceptors (Lipinski definition) is 3. The van der Waals surface area contributed by atoms with E-state index in [1.54, 1.807) is 18.6 Å². The van der Waals surface area contributed by atoms with Crippen LogP contribution in [0.2, 0.25) is 10.0 Å². The number of ether oxygens (including phenoxy) is 1. The zero-order valence-corrected chi connectivity index (χ0v) is 13.1. The van der Waals surface area contributed by atoms with E-state index in [0.29, 0.717) is 28.4 Å². The van der Waals surface area contributed by atoms with Crippen LogP contribution in [-0.2, 0) is 13.1 Å². The molecule has 1 saturated carbocycles. The number of imidazole rings is 1. The molecule has 0 spiro atoms. The van der Waals surface area contributed by atoms with Crippen molar-refractivity contribution in [3.8, 4) is 5.75 Å². The molecular formula is C15H17Cl2N3O. The van der Waals surface area contributed by atoms with E-state index in [9.17, 15) is 0 Å². The van der Waals surface area contributed by atoms with Gasteiger partial charge in [-0.25, -0.2) is 4.98 Å². The average molecular weight is 326 g/mol. The first-order valence-electron chi connectivity index (χ1n) is 7.02. The van der Waals surface area contributed by atoms with Crippen LogP contribution in [0.4, 0.5) is 0 Å². The Balaban J connectivity index is 1.65. The smallest absolute Gasteiger partial charge is 0.142 e. The van der Waals surface area contributed by atoms with E-state index in [-0.39, 0.29) is 0 Å². The van der Waals surface area contributed by atoms with Gasteiger partial charge in [-0.1, -0.05) is 23.2 Å². The lowest BCUT2D eigenvalue weighted by atomic mass is 10.2. The van der Waals surface area contributed by atoms with Gasteiger partial charge in [0.15, 0.2) is 0 Å². The molecule has 2 aromatic rings. The molecule has 1 aliphatic rings. The van der Waals surface area contributed by atoms with Crippen molar-refractivity contribution in [1.82, 2.24) is 14.9 Å². The summed E-state index contributed by atoms with van der Waals surface area (Å²) in [5, 5.41) is 4.65. The highest BCUT2D eigenvalue weighted by Crippen LogP contribution is 2.33. The van der Waals surface area contributed by atoms with Crippen molar-refractivity contribution in [3.05, 3.63) is 46.5 Å². The fraction of sp³-hybridized carbons (Fsp3) is 0.400. The second-order valence-electron chi connectivity index (χ2n) is 5.18. The van der Waals surface area contributed by atoms with Crippen LogP contribution in [0.5, 0.6) is 5.75 Å². The fourth-order valence-corrected chi connectivity index (χ4v) is 2.71. The van der Waals surface area contributed by atoms with Gasteiger partial charge in [0.05, 0.1) is 17.9 Å². The summed E-state index contributed by atoms with van der Waals surface area (Å²) >= 11 is 12.4. The van der Waals surface area contributed by atoms with Crippen molar-refractivity contribution in [3.63, 3.8) is 0 Å². The maximum atomic E-state index is 6.27. The average Bonchev–Trinajstić information content (AvgIpc) is 3.14. The Morgan fingerprint density at radius 1 is 1.33 bits per heavy atom. The lowest BCUT2D eigenvalue weighted by Gasteiger charge is -2.14. The summed E-state index contributed by atoms with van der Waals surface area (Å²) in [5.74, 6) is 0.717. The van der Waals surface area contributed by atoms with E-state index < -0.39 is 0 Å². The number of rotatable bonds is 7.